The third-order valence-electron chi connectivity index (χ3n) is 2.55. The van der Waals surface area contributed by atoms with E-state index in [9.17, 15) is 9.59 Å². The molecule has 2 amide bonds. The number of nitrogens with one attached hydrogen (secondary N) is 2. The van der Waals surface area contributed by atoms with Crippen molar-refractivity contribution >= 4 is 23.5 Å². The maximum Gasteiger partial charge on any atom is 0.251 e. The third kappa shape index (κ3) is 3.07. The maximum atomic E-state index is 11.5. The number of nitrogens with two attached hydrogens (primary N) is 1. The van der Waals surface area contributed by atoms with Crippen molar-refractivity contribution in [2.45, 2.75) is 18.9 Å². The van der Waals surface area contributed by atoms with E-state index in [1.54, 1.807) is 0 Å². The normalized spacial score (nSPS) is 20.4. The van der Waals surface area contributed by atoms with Crippen molar-refractivity contribution < 1.29 is 9.59 Å². The van der Waals surface area contributed by atoms with E-state index < -0.39 is 11.9 Å². The molecule has 2 rings (SSSR count). The molecule has 1 unspecified atom stereocenters. The van der Waals surface area contributed by atoms with Crippen LogP contribution in [0.15, 0.2) is 35.3 Å². The lowest BCUT2D eigenvalue weighted by Crippen LogP contribution is -2.44. The fourth-order valence-electron chi connectivity index (χ4n) is 1.67. The lowest BCUT2D eigenvalue weighted by atomic mass is 10.1. The molecule has 6 nitrogen and oxygen atoms in total. The monoisotopic (exact) mass is 246 g/mol. The van der Waals surface area contributed by atoms with Gasteiger partial charge in [0.2, 0.25) is 5.91 Å². The second kappa shape index (κ2) is 5.31. The largest absolute Gasteiger partial charge is 0.370 e. The van der Waals surface area contributed by atoms with E-state index in [4.69, 9.17) is 5.73 Å². The molecule has 1 aromatic carbocycles. The Morgan fingerprint density at radius 3 is 2.72 bits per heavy atom. The van der Waals surface area contributed by atoms with E-state index >= 15 is 0 Å². The molecule has 0 radical (unpaired) electrons. The minimum absolute atomic E-state index is 0.163. The molecule has 1 heterocycles. The van der Waals surface area contributed by atoms with Crippen molar-refractivity contribution in [3.8, 4) is 0 Å². The Labute approximate surface area is 104 Å². The molecule has 4 N–H and O–H groups in total. The summed E-state index contributed by atoms with van der Waals surface area (Å²) in [5.74, 6) is -0.499. The summed E-state index contributed by atoms with van der Waals surface area (Å²) in [4.78, 5) is 26.5. The molecule has 0 aromatic heterocycles. The second-order valence-corrected chi connectivity index (χ2v) is 3.97. The van der Waals surface area contributed by atoms with Gasteiger partial charge in [-0.1, -0.05) is 18.2 Å². The Balaban J connectivity index is 2.00. The average molecular weight is 246 g/mol. The van der Waals surface area contributed by atoms with Gasteiger partial charge in [-0.25, -0.2) is 4.99 Å². The lowest BCUT2D eigenvalue weighted by Gasteiger charge is -2.18. The van der Waals surface area contributed by atoms with E-state index in [0.29, 0.717) is 12.8 Å². The minimum Gasteiger partial charge on any atom is -0.370 e. The molecule has 94 valence electrons. The topological polar surface area (TPSA) is 96.6 Å². The van der Waals surface area contributed by atoms with E-state index in [0.717, 1.165) is 5.69 Å². The Kier molecular flexibility index (Phi) is 3.57. The highest BCUT2D eigenvalue weighted by molar-refractivity contribution is 6.02. The first-order valence-electron chi connectivity index (χ1n) is 5.64. The summed E-state index contributed by atoms with van der Waals surface area (Å²) in [6, 6.07) is 8.70. The number of rotatable bonds is 2. The number of aliphatic imine (C=N–C) groups is 1. The van der Waals surface area contributed by atoms with Gasteiger partial charge in [0.25, 0.3) is 5.91 Å². The van der Waals surface area contributed by atoms with E-state index in [1.165, 1.54) is 0 Å². The molecule has 18 heavy (non-hydrogen) atoms. The number of anilines is 1. The van der Waals surface area contributed by atoms with Crippen LogP contribution < -0.4 is 16.4 Å². The first-order chi connectivity index (χ1) is 8.65. The number of nitrogens with zero attached hydrogens (tertiary/aromatic N) is 1. The standard InChI is InChI=1S/C12H14N4O2/c13-12(14-8-4-2-1-3-5-8)15-9-6-7-10(17)16-11(9)18/h1-5,9H,6-7H2,(H3,13,14,15)(H,16,17,18). The van der Waals surface area contributed by atoms with Crippen molar-refractivity contribution in [1.82, 2.24) is 5.32 Å². The number of imide groups is 1. The van der Waals surface area contributed by atoms with Gasteiger partial charge in [-0.05, 0) is 18.6 Å². The SMILES string of the molecule is NC(=NC1CCC(=O)NC1=O)Nc1ccccc1. The van der Waals surface area contributed by atoms with Crippen LogP contribution in [0.25, 0.3) is 0 Å². The highest BCUT2D eigenvalue weighted by Gasteiger charge is 2.26. The number of carbonyl (C=O) groups excluding carboxylic acids is 2. The summed E-state index contributed by atoms with van der Waals surface area (Å²) < 4.78 is 0. The predicted molar refractivity (Wildman–Crippen MR) is 67.9 cm³/mol. The van der Waals surface area contributed by atoms with Crippen molar-refractivity contribution in [3.63, 3.8) is 0 Å². The zero-order valence-electron chi connectivity index (χ0n) is 9.72. The van der Waals surface area contributed by atoms with Crippen LogP contribution in [0.2, 0.25) is 0 Å². The molecule has 1 aromatic rings. The summed E-state index contributed by atoms with van der Waals surface area (Å²) >= 11 is 0. The molecule has 6 heteroatoms. The molecule has 0 aliphatic carbocycles. The van der Waals surface area contributed by atoms with Crippen LogP contribution in [0.5, 0.6) is 0 Å². The van der Waals surface area contributed by atoms with Gasteiger partial charge < -0.3 is 11.1 Å². The van der Waals surface area contributed by atoms with E-state index in [1.807, 2.05) is 30.3 Å². The minimum atomic E-state index is -0.598. The number of hydrogen-bond acceptors (Lipinski definition) is 3. The molecular weight excluding hydrogens is 232 g/mol. The van der Waals surface area contributed by atoms with Crippen molar-refractivity contribution in [1.29, 1.82) is 0 Å². The van der Waals surface area contributed by atoms with Crippen LogP contribution in [-0.2, 0) is 9.59 Å². The maximum absolute atomic E-state index is 11.5. The van der Waals surface area contributed by atoms with Crippen molar-refractivity contribution in [3.05, 3.63) is 30.3 Å². The van der Waals surface area contributed by atoms with Crippen LogP contribution in [0.4, 0.5) is 5.69 Å². The zero-order chi connectivity index (χ0) is 13.0. The number of amides is 2. The van der Waals surface area contributed by atoms with Gasteiger partial charge in [-0.15, -0.1) is 0 Å². The molecule has 0 bridgehead atoms. The Morgan fingerprint density at radius 1 is 1.33 bits per heavy atom. The first kappa shape index (κ1) is 12.1. The molecule has 1 aliphatic heterocycles. The summed E-state index contributed by atoms with van der Waals surface area (Å²) in [5, 5.41) is 5.11. The molecule has 1 saturated heterocycles. The highest BCUT2D eigenvalue weighted by atomic mass is 16.2. The van der Waals surface area contributed by atoms with Crippen molar-refractivity contribution in [2.75, 3.05) is 5.32 Å². The zero-order valence-corrected chi connectivity index (χ0v) is 9.72. The van der Waals surface area contributed by atoms with Crippen molar-refractivity contribution in [2.24, 2.45) is 10.7 Å². The summed E-state index contributed by atoms with van der Waals surface area (Å²) in [5.41, 5.74) is 6.50. The van der Waals surface area contributed by atoms with Crippen LogP contribution in [0.1, 0.15) is 12.8 Å². The molecule has 0 saturated carbocycles. The number of carbonyl (C=O) groups is 2. The summed E-state index contributed by atoms with van der Waals surface area (Å²) in [7, 11) is 0. The van der Waals surface area contributed by atoms with Gasteiger partial charge in [0.1, 0.15) is 6.04 Å². The number of benzene rings is 1. The Hall–Kier alpha value is -2.37. The predicted octanol–water partition coefficient (Wildman–Crippen LogP) is 0.218. The van der Waals surface area contributed by atoms with Gasteiger partial charge in [-0.2, -0.15) is 0 Å². The number of para-hydroxylation sites is 1. The third-order valence-corrected chi connectivity index (χ3v) is 2.55. The van der Waals surface area contributed by atoms with Gasteiger partial charge in [0.05, 0.1) is 0 Å². The number of hydrogen-bond donors (Lipinski definition) is 3. The molecule has 1 aliphatic rings. The van der Waals surface area contributed by atoms with Gasteiger partial charge in [-0.3, -0.25) is 14.9 Å². The van der Waals surface area contributed by atoms with E-state index in [-0.39, 0.29) is 11.9 Å². The molecule has 0 spiro atoms. The molecule has 1 fully saturated rings. The Bertz CT molecular complexity index is 484. The quantitative estimate of drug-likeness (QED) is 0.395. The van der Waals surface area contributed by atoms with Crippen LogP contribution in [0, 0.1) is 0 Å². The van der Waals surface area contributed by atoms with E-state index in [2.05, 4.69) is 15.6 Å². The van der Waals surface area contributed by atoms with Crippen LogP contribution in [-0.4, -0.2) is 23.8 Å². The summed E-state index contributed by atoms with van der Waals surface area (Å²) in [6.07, 6.45) is 0.681. The second-order valence-electron chi connectivity index (χ2n) is 3.97. The fraction of sp³-hybridized carbons (Fsp3) is 0.250. The smallest absolute Gasteiger partial charge is 0.251 e. The van der Waals surface area contributed by atoms with Gasteiger partial charge in [0, 0.05) is 12.1 Å². The highest BCUT2D eigenvalue weighted by Crippen LogP contribution is 2.09. The lowest BCUT2D eigenvalue weighted by molar-refractivity contribution is -0.133. The number of guanidine groups is 1. The average Bonchev–Trinajstić information content (AvgIpc) is 2.34. The molecule has 1 atom stereocenters. The van der Waals surface area contributed by atoms with Gasteiger partial charge in [0.15, 0.2) is 5.96 Å². The summed E-state index contributed by atoms with van der Waals surface area (Å²) in [6.45, 7) is 0. The Morgan fingerprint density at radius 2 is 2.06 bits per heavy atom. The van der Waals surface area contributed by atoms with Crippen LogP contribution >= 0.6 is 0 Å². The fourth-order valence-corrected chi connectivity index (χ4v) is 1.67. The number of piperidine rings is 1. The first-order valence-corrected chi connectivity index (χ1v) is 5.64. The molecular formula is C12H14N4O2. The van der Waals surface area contributed by atoms with Gasteiger partial charge >= 0.3 is 0 Å². The van der Waals surface area contributed by atoms with Crippen LogP contribution in [0.3, 0.4) is 0 Å².